The second-order valence-electron chi connectivity index (χ2n) is 22.9. The van der Waals surface area contributed by atoms with Crippen molar-refractivity contribution < 1.29 is 61.4 Å². The van der Waals surface area contributed by atoms with E-state index >= 15 is 0 Å². The summed E-state index contributed by atoms with van der Waals surface area (Å²) in [6.07, 6.45) is 28.9. The number of carbonyl (C=O) groups excluding carboxylic acids is 4. The highest BCUT2D eigenvalue weighted by Crippen LogP contribution is 2.62. The van der Waals surface area contributed by atoms with E-state index in [4.69, 9.17) is 38.3 Å². The molecular weight excluding hydrogens is 1000 g/mol. The number of rotatable bonds is 41. The van der Waals surface area contributed by atoms with Crippen LogP contribution in [0, 0.1) is 23.2 Å². The van der Waals surface area contributed by atoms with Crippen molar-refractivity contribution in [3.8, 4) is 5.75 Å². The third kappa shape index (κ3) is 21.7. The Bertz CT molecular complexity index is 1910. The number of methoxy groups -OCH3 is 1. The maximum atomic E-state index is 14.3. The van der Waals surface area contributed by atoms with Gasteiger partial charge in [0, 0.05) is 31.9 Å². The number of fused-ring (bicyclic) bond motifs is 5. The van der Waals surface area contributed by atoms with Crippen LogP contribution in [0.25, 0.3) is 0 Å². The molecule has 0 spiro atoms. The molecule has 0 aliphatic heterocycles. The first-order valence-corrected chi connectivity index (χ1v) is 31.9. The number of hydrogen-bond acceptors (Lipinski definition) is 13. The molecule has 16 nitrogen and oxygen atoms in total. The van der Waals surface area contributed by atoms with Gasteiger partial charge >= 0.3 is 13.8 Å². The molecule has 1 aromatic carbocycles. The Morgan fingerprint density at radius 3 is 1.92 bits per heavy atom. The number of primary amides is 1. The summed E-state index contributed by atoms with van der Waals surface area (Å²) in [6.45, 7) is 8.23. The number of aliphatic hydroxyl groups is 1. The zero-order valence-electron chi connectivity index (χ0n) is 47.9. The number of aliphatic hydroxyl groups excluding tert-OH is 1. The van der Waals surface area contributed by atoms with Gasteiger partial charge in [0.05, 0.1) is 57.2 Å². The average Bonchev–Trinajstić information content (AvgIpc) is 3.79. The number of hydrogen-bond donors (Lipinski definition) is 4. The van der Waals surface area contributed by atoms with E-state index in [-0.39, 0.29) is 69.2 Å². The third-order valence-corrected chi connectivity index (χ3v) is 18.7. The second-order valence-corrected chi connectivity index (χ2v) is 24.5. The van der Waals surface area contributed by atoms with Crippen molar-refractivity contribution in [2.24, 2.45) is 28.9 Å². The summed E-state index contributed by atoms with van der Waals surface area (Å²) in [6, 6.07) is 5.55. The maximum Gasteiger partial charge on any atom is 0.530 e. The van der Waals surface area contributed by atoms with Crippen molar-refractivity contribution in [2.45, 2.75) is 244 Å². The monoisotopic (exact) mass is 1100 g/mol. The predicted molar refractivity (Wildman–Crippen MR) is 299 cm³/mol. The summed E-state index contributed by atoms with van der Waals surface area (Å²) in [5.74, 6) is -0.854. The second kappa shape index (κ2) is 35.6. The average molecular weight is 1100 g/mol. The van der Waals surface area contributed by atoms with Crippen LogP contribution in [-0.4, -0.2) is 106 Å². The summed E-state index contributed by atoms with van der Waals surface area (Å²) >= 11 is 0. The van der Waals surface area contributed by atoms with Crippen LogP contribution in [0.5, 0.6) is 5.75 Å². The van der Waals surface area contributed by atoms with Crippen LogP contribution < -0.4 is 20.9 Å². The Labute approximate surface area is 462 Å². The minimum absolute atomic E-state index is 0.0513. The largest absolute Gasteiger partial charge is 0.530 e. The quantitative estimate of drug-likeness (QED) is 0.0273. The molecule has 17 heteroatoms. The normalized spacial score (nSPS) is 24.8. The smallest absolute Gasteiger partial charge is 0.460 e. The van der Waals surface area contributed by atoms with Gasteiger partial charge in [-0.15, -0.1) is 0 Å². The fraction of sp³-hybridized carbons (Fsp3) is 0.833. The molecule has 9 unspecified atom stereocenters. The molecule has 3 fully saturated rings. The molecule has 77 heavy (non-hydrogen) atoms. The summed E-state index contributed by atoms with van der Waals surface area (Å²) < 4.78 is 55.2. The van der Waals surface area contributed by atoms with E-state index in [9.17, 15) is 28.8 Å². The number of nitrogens with one attached hydrogen (secondary N) is 2. The number of amides is 3. The first kappa shape index (κ1) is 64.7. The molecular formula is C60H102N3O13P. The van der Waals surface area contributed by atoms with Gasteiger partial charge in [0.15, 0.2) is 0 Å². The van der Waals surface area contributed by atoms with Crippen LogP contribution >= 0.6 is 7.82 Å². The number of esters is 1. The molecule has 440 valence electrons. The Morgan fingerprint density at radius 2 is 1.31 bits per heavy atom. The highest BCUT2D eigenvalue weighted by atomic mass is 31.2. The van der Waals surface area contributed by atoms with E-state index in [0.29, 0.717) is 49.6 Å². The van der Waals surface area contributed by atoms with Crippen molar-refractivity contribution in [3.05, 3.63) is 29.3 Å². The van der Waals surface area contributed by atoms with Crippen molar-refractivity contribution in [1.82, 2.24) is 10.6 Å². The maximum absolute atomic E-state index is 14.3. The van der Waals surface area contributed by atoms with Gasteiger partial charge in [-0.2, -0.15) is 0 Å². The predicted octanol–water partition coefficient (Wildman–Crippen LogP) is 11.5. The van der Waals surface area contributed by atoms with Gasteiger partial charge in [0.1, 0.15) is 18.5 Å². The van der Waals surface area contributed by atoms with E-state index < -0.39 is 43.8 Å². The Hall–Kier alpha value is -3.11. The molecule has 0 saturated heterocycles. The van der Waals surface area contributed by atoms with Gasteiger partial charge in [-0.1, -0.05) is 142 Å². The van der Waals surface area contributed by atoms with E-state index in [2.05, 4.69) is 43.5 Å². The van der Waals surface area contributed by atoms with Crippen molar-refractivity contribution in [2.75, 3.05) is 53.3 Å². The van der Waals surface area contributed by atoms with Crippen molar-refractivity contribution in [1.29, 1.82) is 0 Å². The molecule has 0 radical (unpaired) electrons. The van der Waals surface area contributed by atoms with Crippen LogP contribution in [0.1, 0.15) is 224 Å². The molecule has 5 rings (SSSR count). The fourth-order valence-corrected chi connectivity index (χ4v) is 14.1. The summed E-state index contributed by atoms with van der Waals surface area (Å²) in [5, 5.41) is 16.0. The lowest BCUT2D eigenvalue weighted by Gasteiger charge is -2.50. The number of benzene rings is 1. The Morgan fingerprint density at radius 1 is 0.714 bits per heavy atom. The fourth-order valence-electron chi connectivity index (χ4n) is 12.9. The highest BCUT2D eigenvalue weighted by molar-refractivity contribution is 7.48. The zero-order valence-corrected chi connectivity index (χ0v) is 48.8. The molecule has 5 N–H and O–H groups in total. The summed E-state index contributed by atoms with van der Waals surface area (Å²) in [5.41, 5.74) is 7.94. The number of nitrogens with two attached hydrogens (primary N) is 1. The number of aryl methyl sites for hydroxylation is 1. The lowest BCUT2D eigenvalue weighted by atomic mass is 9.55. The first-order valence-electron chi connectivity index (χ1n) is 30.4. The molecule has 0 bridgehead atoms. The number of ether oxygens (including phenoxy) is 4. The van der Waals surface area contributed by atoms with E-state index in [1.807, 2.05) is 6.07 Å². The molecule has 4 aliphatic carbocycles. The van der Waals surface area contributed by atoms with E-state index in [1.165, 1.54) is 108 Å². The van der Waals surface area contributed by atoms with Gasteiger partial charge in [-0.25, -0.2) is 9.36 Å². The minimum Gasteiger partial charge on any atom is -0.460 e. The van der Waals surface area contributed by atoms with Crippen LogP contribution in [0.3, 0.4) is 0 Å². The molecule has 3 saturated carbocycles. The topological polar surface area (TPSA) is 220 Å². The minimum atomic E-state index is -3.83. The number of phosphoric acid groups is 1. The van der Waals surface area contributed by atoms with E-state index in [1.54, 1.807) is 0 Å². The van der Waals surface area contributed by atoms with Gasteiger partial charge in [-0.05, 0) is 105 Å². The molecule has 0 aromatic heterocycles. The van der Waals surface area contributed by atoms with Crippen LogP contribution in [0.4, 0.5) is 0 Å². The van der Waals surface area contributed by atoms with Gasteiger partial charge < -0.3 is 44.9 Å². The third-order valence-electron chi connectivity index (χ3n) is 17.3. The van der Waals surface area contributed by atoms with Crippen LogP contribution in [-0.2, 0) is 58.2 Å². The van der Waals surface area contributed by atoms with Gasteiger partial charge in [0.2, 0.25) is 17.7 Å². The van der Waals surface area contributed by atoms with Crippen molar-refractivity contribution in [3.63, 3.8) is 0 Å². The zero-order chi connectivity index (χ0) is 55.3. The molecule has 9 atom stereocenters. The number of phosphoric ester groups is 1. The standard InChI is InChI=1S/C60H102N3O13P/c1-5-7-9-11-13-15-17-19-21-23-38-73-77(69,74-39-24-22-20-18-16-14-12-10-8-6-2)76-46-26-28-47-45(43-46)25-27-49-48(47)35-36-60(3)50(49)29-32-53(60)75-56(66)44-72-42-41-71-40-37-62-54(64)33-34-55(65)63-51-30-31-52(70-4)57(58(51)67)59(61)68/h26,28,43,48-53,57-58,67H,5-25,27,29-42,44H2,1-4H3,(H2,61,68)(H,62,64)(H,63,65). The molecule has 4 aliphatic rings. The molecule has 1 aromatic rings. The highest BCUT2D eigenvalue weighted by Gasteiger charge is 2.56. The lowest BCUT2D eigenvalue weighted by Crippen LogP contribution is -2.57. The van der Waals surface area contributed by atoms with Crippen LogP contribution in [0.2, 0.25) is 0 Å². The van der Waals surface area contributed by atoms with E-state index in [0.717, 1.165) is 77.0 Å². The lowest BCUT2D eigenvalue weighted by molar-refractivity contribution is -0.163. The summed E-state index contributed by atoms with van der Waals surface area (Å²) in [7, 11) is -2.38. The Kier molecular flexibility index (Phi) is 29.9. The summed E-state index contributed by atoms with van der Waals surface area (Å²) in [4.78, 5) is 49.8. The SMILES string of the molecule is CCCCCCCCCCCCOP(=O)(OCCCCCCCCCCCC)Oc1ccc2c(c1)CCC1C2CCC2(C)C(OC(=O)COCCOCCNC(=O)CCC(=O)NC3CCC(OC)C(C(N)=O)C3O)CCC12. The first-order chi connectivity index (χ1) is 37.3. The Balaban J connectivity index is 0.984. The van der Waals surface area contributed by atoms with Crippen LogP contribution in [0.15, 0.2) is 18.2 Å². The van der Waals surface area contributed by atoms with Crippen molar-refractivity contribution >= 4 is 31.5 Å². The molecule has 3 amide bonds. The number of carbonyl (C=O) groups is 4. The number of unbranched alkanes of at least 4 members (excludes halogenated alkanes) is 18. The molecule has 0 heterocycles. The van der Waals surface area contributed by atoms with Gasteiger partial charge in [0.25, 0.3) is 0 Å². The van der Waals surface area contributed by atoms with Gasteiger partial charge in [-0.3, -0.25) is 23.4 Å².